The van der Waals surface area contributed by atoms with E-state index in [-0.39, 0.29) is 0 Å². The van der Waals surface area contributed by atoms with E-state index in [0.29, 0.717) is 5.92 Å². The number of hydrogen-bond acceptors (Lipinski definition) is 0. The van der Waals surface area contributed by atoms with Crippen molar-refractivity contribution < 1.29 is 4.39 Å². The molecule has 0 aliphatic heterocycles. The molecule has 0 spiro atoms. The highest BCUT2D eigenvalue weighted by atomic mass is 19.1. The highest BCUT2D eigenvalue weighted by molar-refractivity contribution is 5.49. The Hall–Kier alpha value is -1.11. The molecule has 1 heteroatoms. The van der Waals surface area contributed by atoms with Gasteiger partial charge in [-0.05, 0) is 55.6 Å². The fraction of sp³-hybridized carbons (Fsp3) is 0.667. The van der Waals surface area contributed by atoms with Crippen LogP contribution in [0.4, 0.5) is 4.39 Å². The van der Waals surface area contributed by atoms with Gasteiger partial charge in [-0.15, -0.1) is 0 Å². The molecule has 0 nitrogen and oxygen atoms in total. The standard InChI is InChI=1S/C24H37F/c1-2-3-4-5-6-7-8-9-10-11-12-21-13-15-22(16-14-21)23-17-19-24(25)20-18-23/h11-16,23-24H,2-10,17-20H2,1H3/b12-11+. The van der Waals surface area contributed by atoms with Crippen LogP contribution in [0.25, 0.3) is 6.08 Å². The number of benzene rings is 1. The van der Waals surface area contributed by atoms with Crippen LogP contribution in [-0.2, 0) is 0 Å². The molecule has 1 saturated carbocycles. The molecular weight excluding hydrogens is 307 g/mol. The molecule has 1 aliphatic carbocycles. The van der Waals surface area contributed by atoms with Gasteiger partial charge in [-0.25, -0.2) is 4.39 Å². The second-order valence-electron chi connectivity index (χ2n) is 7.78. The van der Waals surface area contributed by atoms with Crippen LogP contribution in [0.1, 0.15) is 107 Å². The van der Waals surface area contributed by atoms with Crippen molar-refractivity contribution in [3.63, 3.8) is 0 Å². The molecule has 0 heterocycles. The molecule has 1 aromatic rings. The van der Waals surface area contributed by atoms with Crippen molar-refractivity contribution in [2.24, 2.45) is 0 Å². The Morgan fingerprint density at radius 2 is 1.44 bits per heavy atom. The normalized spacial score (nSPS) is 21.0. The number of allylic oxidation sites excluding steroid dienone is 1. The van der Waals surface area contributed by atoms with Crippen LogP contribution in [0.5, 0.6) is 0 Å². The summed E-state index contributed by atoms with van der Waals surface area (Å²) in [6.45, 7) is 2.27. The minimum absolute atomic E-state index is 0.560. The highest BCUT2D eigenvalue weighted by Gasteiger charge is 2.21. The van der Waals surface area contributed by atoms with Crippen LogP contribution in [0, 0.1) is 0 Å². The van der Waals surface area contributed by atoms with Crippen LogP contribution in [0.2, 0.25) is 0 Å². The van der Waals surface area contributed by atoms with Crippen molar-refractivity contribution >= 4 is 6.08 Å². The van der Waals surface area contributed by atoms with E-state index in [4.69, 9.17) is 0 Å². The third-order valence-electron chi connectivity index (χ3n) is 5.60. The quantitative estimate of drug-likeness (QED) is 0.355. The van der Waals surface area contributed by atoms with Gasteiger partial charge in [-0.3, -0.25) is 0 Å². The first-order valence-corrected chi connectivity index (χ1v) is 10.7. The van der Waals surface area contributed by atoms with E-state index in [1.807, 2.05) is 0 Å². The molecule has 1 aliphatic rings. The predicted octanol–water partition coefficient (Wildman–Crippen LogP) is 8.23. The van der Waals surface area contributed by atoms with Crippen molar-refractivity contribution in [1.29, 1.82) is 0 Å². The zero-order valence-electron chi connectivity index (χ0n) is 16.2. The molecule has 140 valence electrons. The Kier molecular flexibility index (Phi) is 9.92. The van der Waals surface area contributed by atoms with E-state index in [1.54, 1.807) is 0 Å². The average Bonchev–Trinajstić information content (AvgIpc) is 2.64. The summed E-state index contributed by atoms with van der Waals surface area (Å²) < 4.78 is 13.2. The van der Waals surface area contributed by atoms with E-state index < -0.39 is 6.17 Å². The maximum absolute atomic E-state index is 13.2. The number of alkyl halides is 1. The Balaban J connectivity index is 1.58. The van der Waals surface area contributed by atoms with Gasteiger partial charge >= 0.3 is 0 Å². The number of rotatable bonds is 11. The largest absolute Gasteiger partial charge is 0.247 e. The van der Waals surface area contributed by atoms with E-state index in [9.17, 15) is 4.39 Å². The Morgan fingerprint density at radius 1 is 0.840 bits per heavy atom. The van der Waals surface area contributed by atoms with Gasteiger partial charge in [0.1, 0.15) is 6.17 Å². The lowest BCUT2D eigenvalue weighted by Crippen LogP contribution is -2.13. The van der Waals surface area contributed by atoms with Crippen molar-refractivity contribution in [2.45, 2.75) is 102 Å². The monoisotopic (exact) mass is 344 g/mol. The van der Waals surface area contributed by atoms with Crippen molar-refractivity contribution in [3.8, 4) is 0 Å². The molecule has 0 radical (unpaired) electrons. The summed E-state index contributed by atoms with van der Waals surface area (Å²) in [5.74, 6) is 0.572. The van der Waals surface area contributed by atoms with Crippen LogP contribution in [-0.4, -0.2) is 6.17 Å². The van der Waals surface area contributed by atoms with Crippen LogP contribution >= 0.6 is 0 Å². The second-order valence-corrected chi connectivity index (χ2v) is 7.78. The fourth-order valence-corrected chi connectivity index (χ4v) is 3.88. The third-order valence-corrected chi connectivity index (χ3v) is 5.60. The van der Waals surface area contributed by atoms with Gasteiger partial charge in [0.25, 0.3) is 0 Å². The Bertz CT molecular complexity index is 465. The topological polar surface area (TPSA) is 0 Å². The summed E-state index contributed by atoms with van der Waals surface area (Å²) in [5, 5.41) is 0. The number of unbranched alkanes of at least 4 members (excludes halogenated alkanes) is 8. The average molecular weight is 345 g/mol. The first-order valence-electron chi connectivity index (χ1n) is 10.7. The van der Waals surface area contributed by atoms with Gasteiger partial charge in [0.05, 0.1) is 0 Å². The van der Waals surface area contributed by atoms with E-state index >= 15 is 0 Å². The molecule has 0 atom stereocenters. The van der Waals surface area contributed by atoms with Gasteiger partial charge in [0, 0.05) is 0 Å². The second kappa shape index (κ2) is 12.3. The van der Waals surface area contributed by atoms with E-state index in [2.05, 4.69) is 43.3 Å². The van der Waals surface area contributed by atoms with E-state index in [1.165, 1.54) is 68.9 Å². The molecule has 1 fully saturated rings. The lowest BCUT2D eigenvalue weighted by molar-refractivity contribution is 0.235. The summed E-state index contributed by atoms with van der Waals surface area (Å²) in [6.07, 6.45) is 19.8. The van der Waals surface area contributed by atoms with Crippen LogP contribution in [0.3, 0.4) is 0 Å². The van der Waals surface area contributed by atoms with Gasteiger partial charge in [0.15, 0.2) is 0 Å². The maximum Gasteiger partial charge on any atom is 0.100 e. The molecule has 0 N–H and O–H groups in total. The predicted molar refractivity (Wildman–Crippen MR) is 109 cm³/mol. The zero-order valence-corrected chi connectivity index (χ0v) is 16.2. The smallest absolute Gasteiger partial charge is 0.100 e. The maximum atomic E-state index is 13.2. The Labute approximate surface area is 154 Å². The number of hydrogen-bond donors (Lipinski definition) is 0. The van der Waals surface area contributed by atoms with Gasteiger partial charge in [-0.1, -0.05) is 88.3 Å². The molecule has 0 aromatic heterocycles. The van der Waals surface area contributed by atoms with Gasteiger partial charge in [-0.2, -0.15) is 0 Å². The molecular formula is C24H37F. The minimum Gasteiger partial charge on any atom is -0.247 e. The van der Waals surface area contributed by atoms with Crippen LogP contribution < -0.4 is 0 Å². The Morgan fingerprint density at radius 3 is 2.08 bits per heavy atom. The lowest BCUT2D eigenvalue weighted by Gasteiger charge is -2.24. The molecule has 2 rings (SSSR count). The SMILES string of the molecule is CCCCCCCCCC/C=C/c1ccc(C2CCC(F)CC2)cc1. The molecule has 0 amide bonds. The highest BCUT2D eigenvalue weighted by Crippen LogP contribution is 2.34. The van der Waals surface area contributed by atoms with E-state index in [0.717, 1.165) is 25.7 Å². The summed E-state index contributed by atoms with van der Waals surface area (Å²) in [5.41, 5.74) is 2.69. The molecule has 0 bridgehead atoms. The molecule has 0 unspecified atom stereocenters. The lowest BCUT2D eigenvalue weighted by atomic mass is 9.83. The summed E-state index contributed by atoms with van der Waals surface area (Å²) in [7, 11) is 0. The van der Waals surface area contributed by atoms with Crippen molar-refractivity contribution in [2.75, 3.05) is 0 Å². The zero-order chi connectivity index (χ0) is 17.7. The van der Waals surface area contributed by atoms with Crippen LogP contribution in [0.15, 0.2) is 30.3 Å². The van der Waals surface area contributed by atoms with Gasteiger partial charge in [0.2, 0.25) is 0 Å². The number of halogens is 1. The molecule has 0 saturated heterocycles. The van der Waals surface area contributed by atoms with Crippen molar-refractivity contribution in [3.05, 3.63) is 41.5 Å². The first kappa shape index (κ1) is 20.2. The minimum atomic E-state index is -0.560. The van der Waals surface area contributed by atoms with Crippen molar-refractivity contribution in [1.82, 2.24) is 0 Å². The summed E-state index contributed by atoms with van der Waals surface area (Å²) in [6, 6.07) is 8.95. The molecule has 25 heavy (non-hydrogen) atoms. The summed E-state index contributed by atoms with van der Waals surface area (Å²) >= 11 is 0. The molecule has 1 aromatic carbocycles. The fourth-order valence-electron chi connectivity index (χ4n) is 3.88. The first-order chi connectivity index (χ1) is 12.3. The summed E-state index contributed by atoms with van der Waals surface area (Å²) in [4.78, 5) is 0. The third kappa shape index (κ3) is 8.21. The van der Waals surface area contributed by atoms with Gasteiger partial charge < -0.3 is 0 Å².